The van der Waals surface area contributed by atoms with Gasteiger partial charge < -0.3 is 9.55 Å². The third-order valence-corrected chi connectivity index (χ3v) is 5.25. The zero-order valence-electron chi connectivity index (χ0n) is 15.3. The van der Waals surface area contributed by atoms with Crippen molar-refractivity contribution in [3.63, 3.8) is 0 Å². The van der Waals surface area contributed by atoms with E-state index in [2.05, 4.69) is 34.7 Å². The van der Waals surface area contributed by atoms with Crippen molar-refractivity contribution in [1.29, 1.82) is 0 Å². The largest absolute Gasteiger partial charge is 0.340 e. The van der Waals surface area contributed by atoms with E-state index in [1.54, 1.807) is 0 Å². The molecule has 0 amide bonds. The van der Waals surface area contributed by atoms with Gasteiger partial charge in [-0.1, -0.05) is 35.9 Å². The summed E-state index contributed by atoms with van der Waals surface area (Å²) >= 11 is 0. The molecule has 0 aliphatic carbocycles. The zero-order valence-corrected chi connectivity index (χ0v) is 15.3. The first-order valence-electron chi connectivity index (χ1n) is 9.35. The number of H-pyrrole nitrogens is 1. The van der Waals surface area contributed by atoms with E-state index in [0.29, 0.717) is 6.54 Å². The smallest absolute Gasteiger partial charge is 0.160 e. The number of rotatable bonds is 2. The highest BCUT2D eigenvalue weighted by atomic mass is 15.1. The Morgan fingerprint density at radius 1 is 0.821 bits per heavy atom. The van der Waals surface area contributed by atoms with Crippen molar-refractivity contribution in [2.45, 2.75) is 13.5 Å². The second kappa shape index (κ2) is 5.63. The standard InChI is InChI=1S/C23H17N5/c1-14-10-11-20-15(12-14)22-23(27-19-9-5-4-8-18(19)26-22)28(20)13-21-24-16-6-2-3-7-17(16)25-21/h2-12H,13H2,1H3,(H,24,25). The van der Waals surface area contributed by atoms with Crippen LogP contribution < -0.4 is 0 Å². The first-order valence-corrected chi connectivity index (χ1v) is 9.35. The number of hydrogen-bond acceptors (Lipinski definition) is 3. The summed E-state index contributed by atoms with van der Waals surface area (Å²) in [5.41, 5.74) is 8.01. The van der Waals surface area contributed by atoms with Crippen LogP contribution >= 0.6 is 0 Å². The maximum atomic E-state index is 4.95. The molecule has 0 saturated heterocycles. The minimum Gasteiger partial charge on any atom is -0.340 e. The number of aryl methyl sites for hydroxylation is 1. The maximum absolute atomic E-state index is 4.95. The summed E-state index contributed by atoms with van der Waals surface area (Å²) < 4.78 is 2.21. The first kappa shape index (κ1) is 15.3. The Hall–Kier alpha value is -3.73. The molecule has 1 N–H and O–H groups in total. The molecule has 0 unspecified atom stereocenters. The number of nitrogens with zero attached hydrogens (tertiary/aromatic N) is 4. The number of benzene rings is 3. The third-order valence-electron chi connectivity index (χ3n) is 5.25. The van der Waals surface area contributed by atoms with E-state index in [-0.39, 0.29) is 0 Å². The summed E-state index contributed by atoms with van der Waals surface area (Å²) in [7, 11) is 0. The van der Waals surface area contributed by atoms with E-state index in [4.69, 9.17) is 15.0 Å². The quantitative estimate of drug-likeness (QED) is 0.472. The lowest BCUT2D eigenvalue weighted by atomic mass is 10.1. The molecule has 6 rings (SSSR count). The van der Waals surface area contributed by atoms with Gasteiger partial charge in [0.1, 0.15) is 11.3 Å². The normalized spacial score (nSPS) is 11.9. The number of hydrogen-bond donors (Lipinski definition) is 1. The van der Waals surface area contributed by atoms with Crippen LogP contribution in [0.5, 0.6) is 0 Å². The molecule has 3 aromatic carbocycles. The zero-order chi connectivity index (χ0) is 18.7. The van der Waals surface area contributed by atoms with Gasteiger partial charge in [0, 0.05) is 5.39 Å². The molecular weight excluding hydrogens is 346 g/mol. The van der Waals surface area contributed by atoms with Gasteiger partial charge in [-0.3, -0.25) is 0 Å². The summed E-state index contributed by atoms with van der Waals surface area (Å²) in [6, 6.07) is 22.6. The Kier molecular flexibility index (Phi) is 3.09. The first-order chi connectivity index (χ1) is 13.8. The molecule has 0 aliphatic heterocycles. The lowest BCUT2D eigenvalue weighted by molar-refractivity contribution is 0.807. The molecule has 134 valence electrons. The predicted molar refractivity (Wildman–Crippen MR) is 112 cm³/mol. The summed E-state index contributed by atoms with van der Waals surface area (Å²) in [5.74, 6) is 0.913. The Labute approximate surface area is 160 Å². The summed E-state index contributed by atoms with van der Waals surface area (Å²) in [5, 5.41) is 1.13. The minimum absolute atomic E-state index is 0.616. The number of para-hydroxylation sites is 4. The van der Waals surface area contributed by atoms with Crippen LogP contribution in [0.2, 0.25) is 0 Å². The number of imidazole rings is 1. The molecule has 6 aromatic rings. The Bertz CT molecular complexity index is 1470. The minimum atomic E-state index is 0.616. The summed E-state index contributed by atoms with van der Waals surface area (Å²) in [6.07, 6.45) is 0. The van der Waals surface area contributed by atoms with Gasteiger partial charge in [-0.05, 0) is 43.3 Å². The molecule has 0 fully saturated rings. The Balaban J connectivity index is 1.65. The molecule has 3 heterocycles. The van der Waals surface area contributed by atoms with E-state index >= 15 is 0 Å². The number of aromatic nitrogens is 5. The molecule has 5 nitrogen and oxygen atoms in total. The van der Waals surface area contributed by atoms with Crippen LogP contribution in [0.4, 0.5) is 0 Å². The van der Waals surface area contributed by atoms with Crippen LogP contribution in [0.3, 0.4) is 0 Å². The van der Waals surface area contributed by atoms with Crippen LogP contribution in [0.25, 0.3) is 44.1 Å². The molecule has 0 saturated carbocycles. The van der Waals surface area contributed by atoms with Gasteiger partial charge >= 0.3 is 0 Å². The Morgan fingerprint density at radius 3 is 2.39 bits per heavy atom. The monoisotopic (exact) mass is 363 g/mol. The lowest BCUT2D eigenvalue weighted by Crippen LogP contribution is -2.02. The highest BCUT2D eigenvalue weighted by Gasteiger charge is 2.16. The third kappa shape index (κ3) is 2.23. The van der Waals surface area contributed by atoms with Crippen molar-refractivity contribution in [3.8, 4) is 0 Å². The molecule has 0 aliphatic rings. The molecule has 5 heteroatoms. The maximum Gasteiger partial charge on any atom is 0.160 e. The van der Waals surface area contributed by atoms with Crippen molar-refractivity contribution < 1.29 is 0 Å². The van der Waals surface area contributed by atoms with E-state index < -0.39 is 0 Å². The Morgan fingerprint density at radius 2 is 1.57 bits per heavy atom. The fourth-order valence-corrected chi connectivity index (χ4v) is 3.94. The SMILES string of the molecule is Cc1ccc2c(c1)c1nc3ccccc3nc1n2Cc1nc2ccccc2[nH]1. The van der Waals surface area contributed by atoms with Gasteiger partial charge in [-0.25, -0.2) is 15.0 Å². The van der Waals surface area contributed by atoms with Crippen LogP contribution in [0, 0.1) is 6.92 Å². The number of fused-ring (bicyclic) bond motifs is 5. The molecule has 0 radical (unpaired) electrons. The van der Waals surface area contributed by atoms with Crippen molar-refractivity contribution in [2.24, 2.45) is 0 Å². The number of nitrogens with one attached hydrogen (secondary N) is 1. The topological polar surface area (TPSA) is 59.4 Å². The summed E-state index contributed by atoms with van der Waals surface area (Å²) in [6.45, 7) is 2.72. The molecular formula is C23H17N5. The molecule has 0 atom stereocenters. The molecule has 3 aromatic heterocycles. The fourth-order valence-electron chi connectivity index (χ4n) is 3.94. The van der Waals surface area contributed by atoms with Gasteiger partial charge in [-0.2, -0.15) is 0 Å². The van der Waals surface area contributed by atoms with Crippen LogP contribution in [0.1, 0.15) is 11.4 Å². The van der Waals surface area contributed by atoms with E-state index in [9.17, 15) is 0 Å². The van der Waals surface area contributed by atoms with Crippen molar-refractivity contribution in [2.75, 3.05) is 0 Å². The molecule has 0 bridgehead atoms. The summed E-state index contributed by atoms with van der Waals surface area (Å²) in [4.78, 5) is 18.1. The van der Waals surface area contributed by atoms with Crippen molar-refractivity contribution in [3.05, 3.63) is 78.1 Å². The number of aromatic amines is 1. The van der Waals surface area contributed by atoms with Gasteiger partial charge in [0.15, 0.2) is 5.65 Å². The van der Waals surface area contributed by atoms with E-state index in [0.717, 1.165) is 50.0 Å². The van der Waals surface area contributed by atoms with Crippen LogP contribution in [-0.4, -0.2) is 24.5 Å². The lowest BCUT2D eigenvalue weighted by Gasteiger charge is -2.05. The van der Waals surface area contributed by atoms with Gasteiger partial charge in [0.05, 0.1) is 34.1 Å². The molecule has 0 spiro atoms. The van der Waals surface area contributed by atoms with Gasteiger partial charge in [0.25, 0.3) is 0 Å². The second-order valence-corrected chi connectivity index (χ2v) is 7.19. The van der Waals surface area contributed by atoms with E-state index in [1.165, 1.54) is 5.56 Å². The predicted octanol–water partition coefficient (Wildman–Crippen LogP) is 4.97. The van der Waals surface area contributed by atoms with Crippen LogP contribution in [0.15, 0.2) is 66.7 Å². The van der Waals surface area contributed by atoms with Crippen molar-refractivity contribution >= 4 is 44.1 Å². The highest BCUT2D eigenvalue weighted by molar-refractivity contribution is 6.06. The van der Waals surface area contributed by atoms with Gasteiger partial charge in [-0.15, -0.1) is 0 Å². The van der Waals surface area contributed by atoms with Crippen LogP contribution in [-0.2, 0) is 6.54 Å². The van der Waals surface area contributed by atoms with Crippen molar-refractivity contribution in [1.82, 2.24) is 24.5 Å². The average Bonchev–Trinajstić information content (AvgIpc) is 3.25. The molecule has 28 heavy (non-hydrogen) atoms. The highest BCUT2D eigenvalue weighted by Crippen LogP contribution is 2.29. The van der Waals surface area contributed by atoms with E-state index in [1.807, 2.05) is 48.5 Å². The fraction of sp³-hybridized carbons (Fsp3) is 0.0870. The second-order valence-electron chi connectivity index (χ2n) is 7.19. The average molecular weight is 363 g/mol. The van der Waals surface area contributed by atoms with Gasteiger partial charge in [0.2, 0.25) is 0 Å².